The smallest absolute Gasteiger partial charge is 0.243 e. The predicted octanol–water partition coefficient (Wildman–Crippen LogP) is 0.754. The minimum absolute atomic E-state index is 0.176. The van der Waals surface area contributed by atoms with Gasteiger partial charge in [-0.1, -0.05) is 12.1 Å². The Balaban J connectivity index is 3.11. The fourth-order valence-corrected chi connectivity index (χ4v) is 2.95. The van der Waals surface area contributed by atoms with Gasteiger partial charge in [0.2, 0.25) is 10.0 Å². The van der Waals surface area contributed by atoms with E-state index in [2.05, 4.69) is 0 Å². The van der Waals surface area contributed by atoms with Crippen LogP contribution < -0.4 is 0 Å². The Labute approximate surface area is 108 Å². The van der Waals surface area contributed by atoms with Gasteiger partial charge in [0.15, 0.2) is 0 Å². The first-order valence-electron chi connectivity index (χ1n) is 5.59. The maximum absolute atomic E-state index is 12.3. The van der Waals surface area contributed by atoms with Crippen molar-refractivity contribution >= 4 is 10.0 Å². The number of methoxy groups -OCH3 is 1. The van der Waals surface area contributed by atoms with Crippen LogP contribution in [0.3, 0.4) is 0 Å². The fourth-order valence-electron chi connectivity index (χ4n) is 1.53. The number of aliphatic hydroxyl groups is 1. The molecule has 0 aliphatic rings. The lowest BCUT2D eigenvalue weighted by Crippen LogP contribution is -2.30. The lowest BCUT2D eigenvalue weighted by atomic mass is 10.2. The van der Waals surface area contributed by atoms with Crippen LogP contribution in [-0.4, -0.2) is 45.1 Å². The highest BCUT2D eigenvalue weighted by molar-refractivity contribution is 7.89. The van der Waals surface area contributed by atoms with Gasteiger partial charge in [0.05, 0.1) is 18.1 Å². The molecule has 5 nitrogen and oxygen atoms in total. The summed E-state index contributed by atoms with van der Waals surface area (Å²) >= 11 is 0. The van der Waals surface area contributed by atoms with E-state index >= 15 is 0 Å². The van der Waals surface area contributed by atoms with Crippen LogP contribution in [0.25, 0.3) is 0 Å². The van der Waals surface area contributed by atoms with Crippen LogP contribution in [0, 0.1) is 6.92 Å². The van der Waals surface area contributed by atoms with Gasteiger partial charge in [0.25, 0.3) is 0 Å². The predicted molar refractivity (Wildman–Crippen MR) is 68.8 cm³/mol. The van der Waals surface area contributed by atoms with E-state index in [-0.39, 0.29) is 11.5 Å². The summed E-state index contributed by atoms with van der Waals surface area (Å²) in [6.07, 6.45) is 0. The number of rotatable bonds is 6. The van der Waals surface area contributed by atoms with Crippen molar-refractivity contribution in [3.8, 4) is 0 Å². The van der Waals surface area contributed by atoms with Crippen molar-refractivity contribution in [2.45, 2.75) is 18.4 Å². The molecular formula is C12H19NO4S. The SMILES string of the molecule is COCCN(C)S(=O)(=O)c1cc(CO)ccc1C. The van der Waals surface area contributed by atoms with Crippen molar-refractivity contribution in [1.82, 2.24) is 4.31 Å². The molecule has 0 unspecified atom stereocenters. The zero-order valence-corrected chi connectivity index (χ0v) is 11.7. The number of likely N-dealkylation sites (N-methyl/N-ethyl adjacent to an activating group) is 1. The molecule has 0 amide bonds. The molecule has 6 heteroatoms. The summed E-state index contributed by atoms with van der Waals surface area (Å²) < 4.78 is 30.8. The van der Waals surface area contributed by atoms with Crippen LogP contribution >= 0.6 is 0 Å². The van der Waals surface area contributed by atoms with E-state index < -0.39 is 10.0 Å². The molecule has 1 rings (SSSR count). The summed E-state index contributed by atoms with van der Waals surface area (Å²) in [4.78, 5) is 0.229. The standard InChI is InChI=1S/C12H19NO4S/c1-10-4-5-11(9-14)8-12(10)18(15,16)13(2)6-7-17-3/h4-5,8,14H,6-7,9H2,1-3H3. The average Bonchev–Trinajstić information content (AvgIpc) is 2.36. The van der Waals surface area contributed by atoms with E-state index in [1.807, 2.05) is 0 Å². The molecule has 0 saturated heterocycles. The molecule has 102 valence electrons. The summed E-state index contributed by atoms with van der Waals surface area (Å²) in [6.45, 7) is 2.19. The summed E-state index contributed by atoms with van der Waals surface area (Å²) in [5, 5.41) is 9.07. The number of ether oxygens (including phenoxy) is 1. The van der Waals surface area contributed by atoms with Crippen LogP contribution in [0.4, 0.5) is 0 Å². The van der Waals surface area contributed by atoms with Gasteiger partial charge >= 0.3 is 0 Å². The van der Waals surface area contributed by atoms with Crippen molar-refractivity contribution in [3.05, 3.63) is 29.3 Å². The second-order valence-corrected chi connectivity index (χ2v) is 6.09. The number of benzene rings is 1. The molecular weight excluding hydrogens is 254 g/mol. The molecule has 1 aromatic rings. The molecule has 0 aromatic heterocycles. The van der Waals surface area contributed by atoms with Gasteiger partial charge in [-0.3, -0.25) is 0 Å². The van der Waals surface area contributed by atoms with Gasteiger partial charge in [-0.2, -0.15) is 4.31 Å². The van der Waals surface area contributed by atoms with Gasteiger partial charge in [-0.05, 0) is 24.1 Å². The molecule has 0 saturated carbocycles. The molecule has 0 spiro atoms. The first-order valence-corrected chi connectivity index (χ1v) is 7.03. The van der Waals surface area contributed by atoms with Crippen LogP contribution in [0.1, 0.15) is 11.1 Å². The van der Waals surface area contributed by atoms with Gasteiger partial charge in [0.1, 0.15) is 0 Å². The number of aliphatic hydroxyl groups excluding tert-OH is 1. The minimum atomic E-state index is -3.53. The number of hydrogen-bond acceptors (Lipinski definition) is 4. The Kier molecular flexibility index (Phi) is 5.28. The van der Waals surface area contributed by atoms with E-state index in [0.29, 0.717) is 24.3 Å². The number of hydrogen-bond donors (Lipinski definition) is 1. The average molecular weight is 273 g/mol. The van der Waals surface area contributed by atoms with Crippen molar-refractivity contribution in [2.24, 2.45) is 0 Å². The second kappa shape index (κ2) is 6.29. The normalized spacial score (nSPS) is 12.1. The van der Waals surface area contributed by atoms with E-state index in [9.17, 15) is 8.42 Å². The molecule has 0 heterocycles. The largest absolute Gasteiger partial charge is 0.392 e. The summed E-state index contributed by atoms with van der Waals surface area (Å²) in [6, 6.07) is 4.92. The van der Waals surface area contributed by atoms with E-state index in [4.69, 9.17) is 9.84 Å². The minimum Gasteiger partial charge on any atom is -0.392 e. The molecule has 0 aliphatic heterocycles. The van der Waals surface area contributed by atoms with Crippen LogP contribution in [0.2, 0.25) is 0 Å². The van der Waals surface area contributed by atoms with Gasteiger partial charge in [-0.15, -0.1) is 0 Å². The molecule has 0 fully saturated rings. The second-order valence-electron chi connectivity index (χ2n) is 4.08. The Morgan fingerprint density at radius 1 is 1.39 bits per heavy atom. The van der Waals surface area contributed by atoms with E-state index in [1.165, 1.54) is 24.5 Å². The number of aryl methyl sites for hydroxylation is 1. The first kappa shape index (κ1) is 15.1. The molecule has 0 bridgehead atoms. The summed E-state index contributed by atoms with van der Waals surface area (Å²) in [7, 11) is -0.493. The Hall–Kier alpha value is -0.950. The van der Waals surface area contributed by atoms with E-state index in [0.717, 1.165) is 0 Å². The first-order chi connectivity index (χ1) is 8.43. The lowest BCUT2D eigenvalue weighted by Gasteiger charge is -2.18. The topological polar surface area (TPSA) is 66.8 Å². The Morgan fingerprint density at radius 2 is 2.06 bits per heavy atom. The molecule has 0 radical (unpaired) electrons. The van der Waals surface area contributed by atoms with Crippen molar-refractivity contribution in [3.63, 3.8) is 0 Å². The maximum Gasteiger partial charge on any atom is 0.243 e. The van der Waals surface area contributed by atoms with Crippen LogP contribution in [0.15, 0.2) is 23.1 Å². The quantitative estimate of drug-likeness (QED) is 0.830. The van der Waals surface area contributed by atoms with Gasteiger partial charge in [-0.25, -0.2) is 8.42 Å². The molecule has 18 heavy (non-hydrogen) atoms. The summed E-state index contributed by atoms with van der Waals surface area (Å²) in [5.41, 5.74) is 1.25. The fraction of sp³-hybridized carbons (Fsp3) is 0.500. The van der Waals surface area contributed by atoms with Crippen molar-refractivity contribution in [2.75, 3.05) is 27.3 Å². The zero-order valence-electron chi connectivity index (χ0n) is 10.9. The van der Waals surface area contributed by atoms with Gasteiger partial charge in [0, 0.05) is 20.7 Å². The third kappa shape index (κ3) is 3.29. The highest BCUT2D eigenvalue weighted by Gasteiger charge is 2.22. The zero-order chi connectivity index (χ0) is 13.8. The highest BCUT2D eigenvalue weighted by Crippen LogP contribution is 2.20. The maximum atomic E-state index is 12.3. The van der Waals surface area contributed by atoms with Crippen molar-refractivity contribution in [1.29, 1.82) is 0 Å². The number of sulfonamides is 1. The summed E-state index contributed by atoms with van der Waals surface area (Å²) in [5.74, 6) is 0. The lowest BCUT2D eigenvalue weighted by molar-refractivity contribution is 0.185. The van der Waals surface area contributed by atoms with Crippen LogP contribution in [0.5, 0.6) is 0 Å². The third-order valence-corrected chi connectivity index (χ3v) is 4.73. The third-order valence-electron chi connectivity index (χ3n) is 2.73. The molecule has 1 aromatic carbocycles. The Bertz CT molecular complexity index is 499. The monoisotopic (exact) mass is 273 g/mol. The van der Waals surface area contributed by atoms with Crippen LogP contribution in [-0.2, 0) is 21.4 Å². The van der Waals surface area contributed by atoms with Crippen molar-refractivity contribution < 1.29 is 18.3 Å². The highest BCUT2D eigenvalue weighted by atomic mass is 32.2. The van der Waals surface area contributed by atoms with E-state index in [1.54, 1.807) is 19.1 Å². The van der Waals surface area contributed by atoms with Gasteiger partial charge < -0.3 is 9.84 Å². The molecule has 0 atom stereocenters. The number of nitrogens with zero attached hydrogens (tertiary/aromatic N) is 1. The molecule has 1 N–H and O–H groups in total. The molecule has 0 aliphatic carbocycles. The Morgan fingerprint density at radius 3 is 2.61 bits per heavy atom.